The van der Waals surface area contributed by atoms with E-state index in [1.165, 1.54) is 11.8 Å². The summed E-state index contributed by atoms with van der Waals surface area (Å²) in [5.41, 5.74) is 1.99. The first-order chi connectivity index (χ1) is 10.7. The van der Waals surface area contributed by atoms with Gasteiger partial charge in [-0.3, -0.25) is 4.79 Å². The number of anilines is 1. The highest BCUT2D eigenvalue weighted by Crippen LogP contribution is 2.30. The number of thioether (sulfide) groups is 1. The Balaban J connectivity index is 2.22. The third-order valence-corrected chi connectivity index (χ3v) is 4.09. The van der Waals surface area contributed by atoms with Gasteiger partial charge in [0.2, 0.25) is 0 Å². The first-order valence-electron chi connectivity index (χ1n) is 7.34. The summed E-state index contributed by atoms with van der Waals surface area (Å²) in [6.07, 6.45) is 0.445. The van der Waals surface area contributed by atoms with Gasteiger partial charge in [0.05, 0.1) is 18.8 Å². The van der Waals surface area contributed by atoms with Crippen LogP contribution in [0.5, 0.6) is 5.75 Å². The lowest BCUT2D eigenvalue weighted by Gasteiger charge is -2.21. The van der Waals surface area contributed by atoms with Crippen LogP contribution in [0.1, 0.15) is 24.9 Å². The molecule has 0 aromatic heterocycles. The second kappa shape index (κ2) is 8.49. The van der Waals surface area contributed by atoms with Crippen LogP contribution in [-0.2, 0) is 4.79 Å². The molecule has 0 aliphatic heterocycles. The largest absolute Gasteiger partial charge is 0.495 e. The fourth-order valence-corrected chi connectivity index (χ4v) is 2.88. The molecular formula is C18H21NO2S. The molecule has 1 N–H and O–H groups in total. The Bertz CT molecular complexity index is 601. The van der Waals surface area contributed by atoms with Crippen LogP contribution >= 0.6 is 11.8 Å². The molecule has 0 fully saturated rings. The smallest absolute Gasteiger partial charge is 0.191 e. The maximum atomic E-state index is 12.1. The first-order valence-corrected chi connectivity index (χ1v) is 8.33. The van der Waals surface area contributed by atoms with Crippen LogP contribution in [0.15, 0.2) is 54.6 Å². The van der Waals surface area contributed by atoms with Crippen molar-refractivity contribution in [2.75, 3.05) is 18.2 Å². The standard InChI is InChI=1S/C18H21NO2S/c1-3-22-18(20)13-16(14-9-5-4-6-10-14)19-15-11-7-8-12-17(15)21-2/h4-12,16,19H,3,13H2,1-2H3. The van der Waals surface area contributed by atoms with Gasteiger partial charge >= 0.3 is 0 Å². The lowest BCUT2D eigenvalue weighted by Crippen LogP contribution is -2.14. The molecule has 0 bridgehead atoms. The quantitative estimate of drug-likeness (QED) is 0.815. The normalized spacial score (nSPS) is 11.7. The van der Waals surface area contributed by atoms with E-state index in [1.807, 2.05) is 61.5 Å². The number of carbonyl (C=O) groups excluding carboxylic acids is 1. The van der Waals surface area contributed by atoms with Crippen molar-refractivity contribution in [2.45, 2.75) is 19.4 Å². The van der Waals surface area contributed by atoms with Crippen molar-refractivity contribution in [1.29, 1.82) is 0 Å². The van der Waals surface area contributed by atoms with Gasteiger partial charge in [-0.05, 0) is 23.4 Å². The second-order valence-corrected chi connectivity index (χ2v) is 6.14. The lowest BCUT2D eigenvalue weighted by molar-refractivity contribution is -0.111. The molecule has 0 heterocycles. The summed E-state index contributed by atoms with van der Waals surface area (Å²) in [5, 5.41) is 3.64. The number of nitrogens with one attached hydrogen (secondary N) is 1. The van der Waals surface area contributed by atoms with E-state index in [1.54, 1.807) is 7.11 Å². The Labute approximate surface area is 136 Å². The maximum absolute atomic E-state index is 12.1. The van der Waals surface area contributed by atoms with Gasteiger partial charge in [-0.1, -0.05) is 61.2 Å². The van der Waals surface area contributed by atoms with Crippen molar-refractivity contribution < 1.29 is 9.53 Å². The molecule has 0 radical (unpaired) electrons. The van der Waals surface area contributed by atoms with E-state index in [9.17, 15) is 4.79 Å². The highest BCUT2D eigenvalue weighted by atomic mass is 32.2. The van der Waals surface area contributed by atoms with Gasteiger partial charge in [0.1, 0.15) is 5.75 Å². The number of rotatable bonds is 7. The molecule has 2 rings (SSSR count). The van der Waals surface area contributed by atoms with E-state index in [0.29, 0.717) is 6.42 Å². The van der Waals surface area contributed by atoms with Gasteiger partial charge in [0, 0.05) is 6.42 Å². The molecule has 0 aliphatic rings. The zero-order valence-electron chi connectivity index (χ0n) is 12.9. The van der Waals surface area contributed by atoms with Gasteiger partial charge in [-0.2, -0.15) is 0 Å². The topological polar surface area (TPSA) is 38.3 Å². The molecule has 0 aliphatic carbocycles. The fourth-order valence-electron chi connectivity index (χ4n) is 2.28. The molecule has 2 aromatic carbocycles. The fraction of sp³-hybridized carbons (Fsp3) is 0.278. The van der Waals surface area contributed by atoms with Crippen LogP contribution in [0.2, 0.25) is 0 Å². The Morgan fingerprint density at radius 1 is 1.14 bits per heavy atom. The third-order valence-electron chi connectivity index (χ3n) is 3.31. The number of para-hydroxylation sites is 2. The molecule has 0 saturated heterocycles. The van der Waals surface area contributed by atoms with Crippen molar-refractivity contribution in [3.05, 3.63) is 60.2 Å². The second-order valence-electron chi connectivity index (χ2n) is 4.82. The molecule has 2 aromatic rings. The zero-order valence-corrected chi connectivity index (χ0v) is 13.7. The number of carbonyl (C=O) groups is 1. The Kier molecular flexibility index (Phi) is 6.34. The van der Waals surface area contributed by atoms with E-state index in [4.69, 9.17) is 4.74 Å². The molecule has 0 amide bonds. The van der Waals surface area contributed by atoms with Crippen molar-refractivity contribution in [3.63, 3.8) is 0 Å². The van der Waals surface area contributed by atoms with Crippen molar-refractivity contribution in [1.82, 2.24) is 0 Å². The summed E-state index contributed by atoms with van der Waals surface area (Å²) >= 11 is 1.36. The molecule has 1 unspecified atom stereocenters. The Hall–Kier alpha value is -1.94. The molecule has 1 atom stereocenters. The van der Waals surface area contributed by atoms with Gasteiger partial charge < -0.3 is 10.1 Å². The summed E-state index contributed by atoms with van der Waals surface area (Å²) < 4.78 is 5.38. The van der Waals surface area contributed by atoms with Crippen LogP contribution in [0.25, 0.3) is 0 Å². The van der Waals surface area contributed by atoms with Gasteiger partial charge in [0.15, 0.2) is 5.12 Å². The van der Waals surface area contributed by atoms with Crippen molar-refractivity contribution in [3.8, 4) is 5.75 Å². The minimum absolute atomic E-state index is 0.0657. The molecule has 22 heavy (non-hydrogen) atoms. The summed E-state index contributed by atoms with van der Waals surface area (Å²) in [6, 6.07) is 17.7. The van der Waals surface area contributed by atoms with Crippen LogP contribution in [-0.4, -0.2) is 18.0 Å². The van der Waals surface area contributed by atoms with E-state index in [2.05, 4.69) is 5.32 Å². The Morgan fingerprint density at radius 3 is 2.50 bits per heavy atom. The van der Waals surface area contributed by atoms with Crippen LogP contribution < -0.4 is 10.1 Å². The SMILES string of the molecule is CCSC(=O)CC(Nc1ccccc1OC)c1ccccc1. The molecule has 0 saturated carbocycles. The van der Waals surface area contributed by atoms with Gasteiger partial charge in [-0.25, -0.2) is 0 Å². The zero-order chi connectivity index (χ0) is 15.8. The van der Waals surface area contributed by atoms with Gasteiger partial charge in [0.25, 0.3) is 0 Å². The highest BCUT2D eigenvalue weighted by molar-refractivity contribution is 8.13. The van der Waals surface area contributed by atoms with Crippen molar-refractivity contribution in [2.24, 2.45) is 0 Å². The first kappa shape index (κ1) is 16.4. The lowest BCUT2D eigenvalue weighted by atomic mass is 10.0. The molecule has 4 heteroatoms. The summed E-state index contributed by atoms with van der Waals surface area (Å²) in [5.74, 6) is 1.58. The average molecular weight is 315 g/mol. The van der Waals surface area contributed by atoms with Crippen LogP contribution in [0.4, 0.5) is 5.69 Å². The monoisotopic (exact) mass is 315 g/mol. The maximum Gasteiger partial charge on any atom is 0.191 e. The third kappa shape index (κ3) is 4.53. The molecule has 116 valence electrons. The predicted molar refractivity (Wildman–Crippen MR) is 93.6 cm³/mol. The molecule has 0 spiro atoms. The van der Waals surface area contributed by atoms with Gasteiger partial charge in [-0.15, -0.1) is 0 Å². The van der Waals surface area contributed by atoms with Crippen LogP contribution in [0.3, 0.4) is 0 Å². The minimum Gasteiger partial charge on any atom is -0.495 e. The van der Waals surface area contributed by atoms with E-state index in [-0.39, 0.29) is 11.2 Å². The molecular weight excluding hydrogens is 294 g/mol. The van der Waals surface area contributed by atoms with Crippen molar-refractivity contribution >= 4 is 22.6 Å². The minimum atomic E-state index is -0.0657. The highest BCUT2D eigenvalue weighted by Gasteiger charge is 2.17. The summed E-state index contributed by atoms with van der Waals surface area (Å²) in [4.78, 5) is 12.1. The van der Waals surface area contributed by atoms with E-state index >= 15 is 0 Å². The summed E-state index contributed by atoms with van der Waals surface area (Å²) in [7, 11) is 1.65. The number of hydrogen-bond acceptors (Lipinski definition) is 4. The predicted octanol–water partition coefficient (Wildman–Crippen LogP) is 4.52. The van der Waals surface area contributed by atoms with E-state index < -0.39 is 0 Å². The van der Waals surface area contributed by atoms with E-state index in [0.717, 1.165) is 22.8 Å². The molecule has 3 nitrogen and oxygen atoms in total. The number of methoxy groups -OCH3 is 1. The number of hydrogen-bond donors (Lipinski definition) is 1. The summed E-state index contributed by atoms with van der Waals surface area (Å²) in [6.45, 7) is 1.99. The number of benzene rings is 2. The number of ether oxygens (including phenoxy) is 1. The average Bonchev–Trinajstić information content (AvgIpc) is 2.56. The van der Waals surface area contributed by atoms with Crippen LogP contribution in [0, 0.1) is 0 Å². The Morgan fingerprint density at radius 2 is 1.82 bits per heavy atom.